The van der Waals surface area contributed by atoms with E-state index in [1.54, 1.807) is 31.2 Å². The van der Waals surface area contributed by atoms with Crippen molar-refractivity contribution in [1.29, 1.82) is 0 Å². The van der Waals surface area contributed by atoms with Gasteiger partial charge in [0.1, 0.15) is 17.3 Å². The first-order valence-electron chi connectivity index (χ1n) is 8.74. The van der Waals surface area contributed by atoms with Crippen molar-refractivity contribution in [3.8, 4) is 0 Å². The van der Waals surface area contributed by atoms with Gasteiger partial charge in [-0.25, -0.2) is 8.42 Å². The molecule has 3 rings (SSSR count). The van der Waals surface area contributed by atoms with Crippen molar-refractivity contribution >= 4 is 44.0 Å². The summed E-state index contributed by atoms with van der Waals surface area (Å²) in [5, 5.41) is 3.33. The van der Waals surface area contributed by atoms with Crippen molar-refractivity contribution in [3.63, 3.8) is 0 Å². The van der Waals surface area contributed by atoms with E-state index in [4.69, 9.17) is 11.6 Å². The molecule has 2 N–H and O–H groups in total. The highest BCUT2D eigenvalue weighted by molar-refractivity contribution is 8.00. The van der Waals surface area contributed by atoms with Crippen molar-refractivity contribution in [2.75, 3.05) is 11.9 Å². The molecule has 1 aliphatic heterocycles. The second kappa shape index (κ2) is 8.16. The molecule has 0 saturated carbocycles. The summed E-state index contributed by atoms with van der Waals surface area (Å²) in [7, 11) is -3.74. The Morgan fingerprint density at radius 2 is 1.82 bits per heavy atom. The molecule has 8 heteroatoms. The van der Waals surface area contributed by atoms with Gasteiger partial charge in [0.05, 0.1) is 0 Å². The second-order valence-corrected chi connectivity index (χ2v) is 8.35. The lowest BCUT2D eigenvalue weighted by Gasteiger charge is -2.08. The Labute approximate surface area is 169 Å². The van der Waals surface area contributed by atoms with E-state index in [0.29, 0.717) is 16.2 Å². The van der Waals surface area contributed by atoms with Crippen LogP contribution in [0.25, 0.3) is 4.91 Å². The number of nitrogens with zero attached hydrogens (tertiary/aromatic N) is 1. The summed E-state index contributed by atoms with van der Waals surface area (Å²) in [4.78, 5) is 16.6. The van der Waals surface area contributed by atoms with Gasteiger partial charge < -0.3 is 5.32 Å². The number of carbonyl (C=O) groups is 1. The van der Waals surface area contributed by atoms with Crippen molar-refractivity contribution in [3.05, 3.63) is 70.3 Å². The van der Waals surface area contributed by atoms with Gasteiger partial charge in [0.15, 0.2) is 0 Å². The van der Waals surface area contributed by atoms with Crippen LogP contribution in [0.1, 0.15) is 25.0 Å². The van der Waals surface area contributed by atoms with E-state index in [9.17, 15) is 13.2 Å². The van der Waals surface area contributed by atoms with Gasteiger partial charge >= 0.3 is 0 Å². The first kappa shape index (κ1) is 20.1. The molecule has 0 radical (unpaired) electrons. The van der Waals surface area contributed by atoms with Crippen LogP contribution in [0.5, 0.6) is 0 Å². The molecule has 2 aromatic rings. The van der Waals surface area contributed by atoms with Crippen LogP contribution in [0, 0.1) is 0 Å². The standard InChI is InChI=1S/C20H20ClN3O3S/c1-3-14-6-4-5-7-17(14)23-18(25)12-22-20-13(2)19(28(26,27)24-20)15-8-10-16(21)11-9-15/h4-11H,3,12H2,1-2H3,(H,22,24)(H,23,25). The molecule has 0 spiro atoms. The third-order valence-corrected chi connectivity index (χ3v) is 6.15. The van der Waals surface area contributed by atoms with E-state index in [1.165, 1.54) is 0 Å². The van der Waals surface area contributed by atoms with E-state index >= 15 is 0 Å². The predicted octanol–water partition coefficient (Wildman–Crippen LogP) is 3.60. The van der Waals surface area contributed by atoms with Gasteiger partial charge in [0.2, 0.25) is 5.91 Å². The lowest BCUT2D eigenvalue weighted by Crippen LogP contribution is -2.25. The molecule has 6 nitrogen and oxygen atoms in total. The van der Waals surface area contributed by atoms with Crippen molar-refractivity contribution in [2.24, 2.45) is 4.99 Å². The molecule has 1 amide bonds. The van der Waals surface area contributed by atoms with Gasteiger partial charge in [-0.15, -0.1) is 0 Å². The molecular formula is C20H20ClN3O3S. The molecule has 0 aliphatic carbocycles. The maximum atomic E-state index is 12.5. The van der Waals surface area contributed by atoms with Crippen molar-refractivity contribution in [2.45, 2.75) is 20.3 Å². The smallest absolute Gasteiger partial charge is 0.264 e. The maximum absolute atomic E-state index is 12.5. The molecule has 1 aliphatic rings. The van der Waals surface area contributed by atoms with E-state index in [0.717, 1.165) is 17.7 Å². The van der Waals surface area contributed by atoms with Crippen LogP contribution in [0.4, 0.5) is 5.69 Å². The van der Waals surface area contributed by atoms with Crippen LogP contribution >= 0.6 is 11.6 Å². The first-order chi connectivity index (χ1) is 13.3. The molecule has 0 saturated heterocycles. The highest BCUT2D eigenvalue weighted by Gasteiger charge is 2.32. The lowest BCUT2D eigenvalue weighted by molar-refractivity contribution is -0.114. The molecular weight excluding hydrogens is 398 g/mol. The number of hydrogen-bond acceptors (Lipinski definition) is 4. The molecule has 0 aromatic heterocycles. The largest absolute Gasteiger partial charge is 0.324 e. The molecule has 1 heterocycles. The number of sulfonamides is 1. The molecule has 2 aromatic carbocycles. The van der Waals surface area contributed by atoms with Crippen LogP contribution < -0.4 is 10.0 Å². The number of aliphatic imine (C=N–C) groups is 1. The summed E-state index contributed by atoms with van der Waals surface area (Å²) < 4.78 is 27.4. The number of carbonyl (C=O) groups excluding carboxylic acids is 1. The zero-order chi connectivity index (χ0) is 20.3. The quantitative estimate of drug-likeness (QED) is 0.779. The summed E-state index contributed by atoms with van der Waals surface area (Å²) in [6, 6.07) is 14.0. The minimum Gasteiger partial charge on any atom is -0.324 e. The molecule has 146 valence electrons. The number of halogens is 1. The number of nitrogens with one attached hydrogen (secondary N) is 2. The van der Waals surface area contributed by atoms with Crippen LogP contribution in [0.3, 0.4) is 0 Å². The lowest BCUT2D eigenvalue weighted by atomic mass is 10.1. The third-order valence-electron chi connectivity index (χ3n) is 4.36. The van der Waals surface area contributed by atoms with Crippen LogP contribution in [0.15, 0.2) is 59.1 Å². The molecule has 28 heavy (non-hydrogen) atoms. The summed E-state index contributed by atoms with van der Waals surface area (Å²) in [5.41, 5.74) is 2.73. The van der Waals surface area contributed by atoms with Gasteiger partial charge in [-0.1, -0.05) is 48.9 Å². The predicted molar refractivity (Wildman–Crippen MR) is 113 cm³/mol. The topological polar surface area (TPSA) is 87.6 Å². The Bertz CT molecular complexity index is 1070. The summed E-state index contributed by atoms with van der Waals surface area (Å²) in [6.07, 6.45) is 0.789. The van der Waals surface area contributed by atoms with Gasteiger partial charge in [-0.3, -0.25) is 14.5 Å². The van der Waals surface area contributed by atoms with E-state index in [1.807, 2.05) is 31.2 Å². The minimum atomic E-state index is -3.74. The number of benzene rings is 2. The summed E-state index contributed by atoms with van der Waals surface area (Å²) in [6.45, 7) is 3.47. The fraction of sp³-hybridized carbons (Fsp3) is 0.200. The number of anilines is 1. The second-order valence-electron chi connectivity index (χ2n) is 6.29. The first-order valence-corrected chi connectivity index (χ1v) is 10.6. The number of para-hydroxylation sites is 1. The van der Waals surface area contributed by atoms with Gasteiger partial charge in [0.25, 0.3) is 10.0 Å². The van der Waals surface area contributed by atoms with E-state index in [2.05, 4.69) is 15.0 Å². The van der Waals surface area contributed by atoms with Crippen LogP contribution in [0.2, 0.25) is 5.02 Å². The average Bonchev–Trinajstić information content (AvgIpc) is 2.90. The summed E-state index contributed by atoms with van der Waals surface area (Å²) >= 11 is 5.88. The fourth-order valence-corrected chi connectivity index (χ4v) is 4.63. The van der Waals surface area contributed by atoms with Gasteiger partial charge in [-0.2, -0.15) is 0 Å². The normalized spacial score (nSPS) is 16.9. The molecule has 0 unspecified atom stereocenters. The number of amidine groups is 1. The fourth-order valence-electron chi connectivity index (χ4n) is 2.98. The average molecular weight is 418 g/mol. The van der Waals surface area contributed by atoms with Crippen LogP contribution in [-0.4, -0.2) is 26.7 Å². The highest BCUT2D eigenvalue weighted by Crippen LogP contribution is 2.30. The zero-order valence-corrected chi connectivity index (χ0v) is 17.1. The monoisotopic (exact) mass is 417 g/mol. The van der Waals surface area contributed by atoms with E-state index in [-0.39, 0.29) is 23.2 Å². The Kier molecular flexibility index (Phi) is 5.86. The zero-order valence-electron chi connectivity index (χ0n) is 15.5. The van der Waals surface area contributed by atoms with E-state index < -0.39 is 10.0 Å². The van der Waals surface area contributed by atoms with Crippen molar-refractivity contribution < 1.29 is 13.2 Å². The SMILES string of the molecule is CCc1ccccc1NC(=O)CN=C1NS(=O)(=O)C(c2ccc(Cl)cc2)=C1C. The van der Waals surface area contributed by atoms with Crippen LogP contribution in [-0.2, 0) is 21.2 Å². The number of rotatable bonds is 5. The number of aryl methyl sites for hydroxylation is 1. The Hall–Kier alpha value is -2.64. The number of hydrogen-bond donors (Lipinski definition) is 2. The molecule has 0 atom stereocenters. The minimum absolute atomic E-state index is 0.139. The molecule has 0 fully saturated rings. The third kappa shape index (κ3) is 4.26. The van der Waals surface area contributed by atoms with Gasteiger partial charge in [-0.05, 0) is 42.7 Å². The number of amides is 1. The Balaban J connectivity index is 1.81. The Morgan fingerprint density at radius 1 is 1.14 bits per heavy atom. The molecule has 0 bridgehead atoms. The summed E-state index contributed by atoms with van der Waals surface area (Å²) in [5.74, 6) is -0.149. The highest BCUT2D eigenvalue weighted by atomic mass is 35.5. The van der Waals surface area contributed by atoms with Crippen molar-refractivity contribution in [1.82, 2.24) is 4.72 Å². The van der Waals surface area contributed by atoms with Gasteiger partial charge in [0, 0.05) is 16.3 Å². The Morgan fingerprint density at radius 3 is 2.50 bits per heavy atom. The maximum Gasteiger partial charge on any atom is 0.264 e.